The van der Waals surface area contributed by atoms with Gasteiger partial charge in [0.2, 0.25) is 0 Å². The highest BCUT2D eigenvalue weighted by molar-refractivity contribution is 5.26. The predicted octanol–water partition coefficient (Wildman–Crippen LogP) is 2.14. The van der Waals surface area contributed by atoms with Crippen LogP contribution in [-0.4, -0.2) is 0 Å². The smallest absolute Gasteiger partial charge is 0.272 e. The molecule has 3 rings (SSSR count). The molecule has 4 nitrogen and oxygen atoms in total. The van der Waals surface area contributed by atoms with Gasteiger partial charge in [-0.25, -0.2) is 9.13 Å². The SMILES string of the molecule is Cc1ccc(N)[n+](Cc2ccc(C[n+]3cc(C)ccc3N)cc2)c1. The van der Waals surface area contributed by atoms with E-state index >= 15 is 0 Å². The minimum atomic E-state index is 0.771. The van der Waals surface area contributed by atoms with E-state index in [1.165, 1.54) is 22.3 Å². The first-order valence-electron chi connectivity index (χ1n) is 8.10. The Kier molecular flexibility index (Phi) is 4.47. The first-order chi connectivity index (χ1) is 11.5. The molecule has 0 atom stereocenters. The first kappa shape index (κ1) is 16.0. The number of rotatable bonds is 4. The molecule has 0 saturated heterocycles. The summed E-state index contributed by atoms with van der Waals surface area (Å²) in [6, 6.07) is 16.5. The summed E-state index contributed by atoms with van der Waals surface area (Å²) < 4.78 is 4.13. The number of anilines is 2. The largest absolute Gasteiger partial charge is 0.287 e. The highest BCUT2D eigenvalue weighted by Gasteiger charge is 2.08. The Morgan fingerprint density at radius 2 is 1.00 bits per heavy atom. The fourth-order valence-electron chi connectivity index (χ4n) is 2.77. The number of aryl methyl sites for hydroxylation is 2. The lowest BCUT2D eigenvalue weighted by atomic mass is 10.1. The summed E-state index contributed by atoms with van der Waals surface area (Å²) >= 11 is 0. The van der Waals surface area contributed by atoms with Gasteiger partial charge in [0.25, 0.3) is 11.6 Å². The summed E-state index contributed by atoms with van der Waals surface area (Å²) in [5.74, 6) is 1.54. The Balaban J connectivity index is 1.76. The van der Waals surface area contributed by atoms with Crippen LogP contribution in [0.15, 0.2) is 60.9 Å². The van der Waals surface area contributed by atoms with E-state index in [4.69, 9.17) is 11.5 Å². The van der Waals surface area contributed by atoms with Crippen LogP contribution >= 0.6 is 0 Å². The second-order valence-electron chi connectivity index (χ2n) is 6.33. The van der Waals surface area contributed by atoms with Gasteiger partial charge in [0.15, 0.2) is 0 Å². The number of nitrogens with two attached hydrogens (primary N) is 2. The number of nitrogens with zero attached hydrogens (tertiary/aromatic N) is 2. The van der Waals surface area contributed by atoms with Gasteiger partial charge in [0.05, 0.1) is 12.4 Å². The molecule has 2 aromatic heterocycles. The van der Waals surface area contributed by atoms with Crippen LogP contribution in [0.1, 0.15) is 22.3 Å². The van der Waals surface area contributed by atoms with Crippen LogP contribution in [0.25, 0.3) is 0 Å². The average molecular weight is 320 g/mol. The fraction of sp³-hybridized carbons (Fsp3) is 0.200. The van der Waals surface area contributed by atoms with E-state index in [1.807, 2.05) is 24.3 Å². The van der Waals surface area contributed by atoms with Crippen molar-refractivity contribution in [2.75, 3.05) is 11.5 Å². The Hall–Kier alpha value is -2.88. The number of hydrogen-bond donors (Lipinski definition) is 2. The van der Waals surface area contributed by atoms with Crippen molar-refractivity contribution in [3.05, 3.63) is 83.2 Å². The zero-order valence-electron chi connectivity index (χ0n) is 14.2. The van der Waals surface area contributed by atoms with Crippen LogP contribution in [0.4, 0.5) is 11.6 Å². The van der Waals surface area contributed by atoms with E-state index in [1.54, 1.807) is 0 Å². The quantitative estimate of drug-likeness (QED) is 0.724. The Morgan fingerprint density at radius 1 is 0.625 bits per heavy atom. The molecule has 0 unspecified atom stereocenters. The molecular formula is C20H24N4+2. The maximum Gasteiger partial charge on any atom is 0.272 e. The number of nitrogen functional groups attached to an aromatic ring is 2. The Morgan fingerprint density at radius 3 is 1.38 bits per heavy atom. The van der Waals surface area contributed by atoms with Gasteiger partial charge in [-0.15, -0.1) is 0 Å². The van der Waals surface area contributed by atoms with Crippen molar-refractivity contribution in [2.45, 2.75) is 26.9 Å². The molecule has 0 aliphatic rings. The van der Waals surface area contributed by atoms with Gasteiger partial charge >= 0.3 is 0 Å². The van der Waals surface area contributed by atoms with Gasteiger partial charge in [0.1, 0.15) is 13.1 Å². The topological polar surface area (TPSA) is 59.8 Å². The van der Waals surface area contributed by atoms with Crippen molar-refractivity contribution in [3.8, 4) is 0 Å². The van der Waals surface area contributed by atoms with Gasteiger partial charge in [-0.1, -0.05) is 24.3 Å². The molecular weight excluding hydrogens is 296 g/mol. The number of benzene rings is 1. The van der Waals surface area contributed by atoms with E-state index < -0.39 is 0 Å². The maximum absolute atomic E-state index is 6.05. The third kappa shape index (κ3) is 3.71. The van der Waals surface area contributed by atoms with Crippen LogP contribution in [0, 0.1) is 13.8 Å². The normalized spacial score (nSPS) is 10.8. The lowest BCUT2D eigenvalue weighted by Crippen LogP contribution is -2.38. The van der Waals surface area contributed by atoms with E-state index in [-0.39, 0.29) is 0 Å². The molecule has 24 heavy (non-hydrogen) atoms. The van der Waals surface area contributed by atoms with Crippen LogP contribution in [0.2, 0.25) is 0 Å². The molecule has 0 fully saturated rings. The van der Waals surface area contributed by atoms with Gasteiger partial charge in [-0.3, -0.25) is 11.5 Å². The zero-order chi connectivity index (χ0) is 17.1. The molecule has 0 spiro atoms. The lowest BCUT2D eigenvalue weighted by Gasteiger charge is -2.07. The van der Waals surface area contributed by atoms with Crippen molar-refractivity contribution in [1.82, 2.24) is 0 Å². The van der Waals surface area contributed by atoms with Crippen molar-refractivity contribution < 1.29 is 9.13 Å². The van der Waals surface area contributed by atoms with Crippen LogP contribution < -0.4 is 20.6 Å². The fourth-order valence-corrected chi connectivity index (χ4v) is 2.77. The molecule has 2 heterocycles. The molecule has 4 heteroatoms. The molecule has 0 aliphatic carbocycles. The third-order valence-corrected chi connectivity index (χ3v) is 4.15. The molecule has 0 radical (unpaired) electrons. The zero-order valence-corrected chi connectivity index (χ0v) is 14.2. The van der Waals surface area contributed by atoms with E-state index in [9.17, 15) is 0 Å². The number of pyridine rings is 2. The summed E-state index contributed by atoms with van der Waals surface area (Å²) in [7, 11) is 0. The Bertz CT molecular complexity index is 782. The monoisotopic (exact) mass is 320 g/mol. The molecule has 4 N–H and O–H groups in total. The maximum atomic E-state index is 6.05. The molecule has 122 valence electrons. The van der Waals surface area contributed by atoms with Crippen LogP contribution in [0.3, 0.4) is 0 Å². The van der Waals surface area contributed by atoms with E-state index in [2.05, 4.69) is 59.6 Å². The average Bonchev–Trinajstić information content (AvgIpc) is 2.56. The number of aromatic nitrogens is 2. The van der Waals surface area contributed by atoms with Crippen LogP contribution in [0.5, 0.6) is 0 Å². The molecule has 0 saturated carbocycles. The van der Waals surface area contributed by atoms with E-state index in [0.29, 0.717) is 0 Å². The second-order valence-corrected chi connectivity index (χ2v) is 6.33. The molecule has 0 amide bonds. The summed E-state index contributed by atoms with van der Waals surface area (Å²) in [6.07, 6.45) is 4.15. The van der Waals surface area contributed by atoms with Gasteiger partial charge in [-0.2, -0.15) is 0 Å². The van der Waals surface area contributed by atoms with Crippen molar-refractivity contribution in [1.29, 1.82) is 0 Å². The van der Waals surface area contributed by atoms with E-state index in [0.717, 1.165) is 24.7 Å². The summed E-state index contributed by atoms with van der Waals surface area (Å²) in [5, 5.41) is 0. The first-order valence-corrected chi connectivity index (χ1v) is 8.10. The highest BCUT2D eigenvalue weighted by Crippen LogP contribution is 2.07. The predicted molar refractivity (Wildman–Crippen MR) is 96.2 cm³/mol. The molecule has 3 aromatic rings. The molecule has 0 aliphatic heterocycles. The molecule has 0 bridgehead atoms. The molecule has 1 aromatic carbocycles. The summed E-state index contributed by atoms with van der Waals surface area (Å²) in [6.45, 7) is 5.69. The Labute approximate surface area is 143 Å². The summed E-state index contributed by atoms with van der Waals surface area (Å²) in [4.78, 5) is 0. The lowest BCUT2D eigenvalue weighted by molar-refractivity contribution is -0.674. The van der Waals surface area contributed by atoms with Crippen molar-refractivity contribution >= 4 is 11.6 Å². The highest BCUT2D eigenvalue weighted by atomic mass is 15.0. The van der Waals surface area contributed by atoms with Crippen LogP contribution in [-0.2, 0) is 13.1 Å². The van der Waals surface area contributed by atoms with Gasteiger partial charge in [0, 0.05) is 12.1 Å². The van der Waals surface area contributed by atoms with Gasteiger partial charge < -0.3 is 0 Å². The summed E-state index contributed by atoms with van der Waals surface area (Å²) in [5.41, 5.74) is 16.9. The number of hydrogen-bond acceptors (Lipinski definition) is 2. The third-order valence-electron chi connectivity index (χ3n) is 4.15. The second kappa shape index (κ2) is 6.71. The minimum Gasteiger partial charge on any atom is -0.287 e. The van der Waals surface area contributed by atoms with Crippen molar-refractivity contribution in [2.24, 2.45) is 0 Å². The van der Waals surface area contributed by atoms with Gasteiger partial charge in [-0.05, 0) is 48.2 Å². The minimum absolute atomic E-state index is 0.771. The standard InChI is InChI=1S/C20H22N4/c1-15-3-9-19(21)23(11-15)13-17-5-7-18(8-6-17)14-24-12-16(2)4-10-20(24)22/h3-12,21-22H,13-14H2,1-2H3/p+2. The van der Waals surface area contributed by atoms with Crippen molar-refractivity contribution in [3.63, 3.8) is 0 Å².